The van der Waals surface area contributed by atoms with E-state index in [1.807, 2.05) is 36.5 Å². The number of hydrogen-bond acceptors (Lipinski definition) is 3. The SMILES string of the molecule is CN(C)CCCN=Cc1ccc2c(-c3ccccc3)nc3cc(Cl)c(Cl)cc3n12. The van der Waals surface area contributed by atoms with Crippen LogP contribution in [0.4, 0.5) is 0 Å². The summed E-state index contributed by atoms with van der Waals surface area (Å²) in [7, 11) is 4.15. The largest absolute Gasteiger partial charge is 0.309 e. The average Bonchev–Trinajstić information content (AvgIpc) is 3.13. The van der Waals surface area contributed by atoms with E-state index in [1.54, 1.807) is 0 Å². The molecule has 2 aromatic carbocycles. The van der Waals surface area contributed by atoms with Gasteiger partial charge in [-0.2, -0.15) is 0 Å². The topological polar surface area (TPSA) is 32.9 Å². The predicted molar refractivity (Wildman–Crippen MR) is 124 cm³/mol. The van der Waals surface area contributed by atoms with Crippen molar-refractivity contribution >= 4 is 46.0 Å². The third-order valence-corrected chi connectivity index (χ3v) is 5.53. The summed E-state index contributed by atoms with van der Waals surface area (Å²) in [4.78, 5) is 11.7. The molecule has 2 aromatic heterocycles. The van der Waals surface area contributed by atoms with Gasteiger partial charge in [0.15, 0.2) is 0 Å². The standard InChI is InChI=1S/C23H22Cl2N4/c1-28(2)12-6-11-26-15-17-9-10-21-23(16-7-4-3-5-8-16)27-20-13-18(24)19(25)14-22(20)29(17)21/h3-5,7-10,13-15H,6,11-12H2,1-2H3. The van der Waals surface area contributed by atoms with Crippen molar-refractivity contribution in [3.8, 4) is 11.3 Å². The van der Waals surface area contributed by atoms with E-state index in [0.717, 1.165) is 53.0 Å². The maximum atomic E-state index is 6.33. The van der Waals surface area contributed by atoms with Crippen LogP contribution in [-0.2, 0) is 0 Å². The lowest BCUT2D eigenvalue weighted by molar-refractivity contribution is 0.403. The zero-order chi connectivity index (χ0) is 20.4. The van der Waals surface area contributed by atoms with Gasteiger partial charge in [-0.1, -0.05) is 53.5 Å². The summed E-state index contributed by atoms with van der Waals surface area (Å²) in [5.41, 5.74) is 5.67. The molecule has 0 atom stereocenters. The first-order valence-corrected chi connectivity index (χ1v) is 10.3. The van der Waals surface area contributed by atoms with Gasteiger partial charge in [0, 0.05) is 18.3 Å². The Hall–Kier alpha value is -2.40. The molecule has 0 saturated carbocycles. The van der Waals surface area contributed by atoms with Gasteiger partial charge in [0.2, 0.25) is 0 Å². The van der Waals surface area contributed by atoms with E-state index in [9.17, 15) is 0 Å². The Kier molecular flexibility index (Phi) is 5.86. The highest BCUT2D eigenvalue weighted by Gasteiger charge is 2.14. The molecule has 0 aliphatic carbocycles. The molecule has 4 nitrogen and oxygen atoms in total. The van der Waals surface area contributed by atoms with Gasteiger partial charge >= 0.3 is 0 Å². The van der Waals surface area contributed by atoms with Crippen molar-refractivity contribution in [1.82, 2.24) is 14.3 Å². The lowest BCUT2D eigenvalue weighted by Gasteiger charge is -2.11. The van der Waals surface area contributed by atoms with Crippen molar-refractivity contribution in [2.45, 2.75) is 6.42 Å². The molecule has 148 valence electrons. The third-order valence-electron chi connectivity index (χ3n) is 4.81. The van der Waals surface area contributed by atoms with Crippen molar-refractivity contribution < 1.29 is 0 Å². The molecule has 0 aliphatic heterocycles. The Bertz CT molecular complexity index is 1180. The Labute approximate surface area is 180 Å². The molecule has 0 radical (unpaired) electrons. The maximum Gasteiger partial charge on any atom is 0.0950 e. The van der Waals surface area contributed by atoms with Crippen LogP contribution in [0, 0.1) is 0 Å². The van der Waals surface area contributed by atoms with Crippen molar-refractivity contribution in [2.75, 3.05) is 27.2 Å². The first kappa shape index (κ1) is 19.9. The summed E-state index contributed by atoms with van der Waals surface area (Å²) in [6.45, 7) is 1.80. The molecule has 0 aliphatic rings. The van der Waals surface area contributed by atoms with E-state index in [0.29, 0.717) is 10.0 Å². The molecule has 29 heavy (non-hydrogen) atoms. The summed E-state index contributed by atoms with van der Waals surface area (Å²) in [6.07, 6.45) is 2.95. The van der Waals surface area contributed by atoms with Crippen molar-refractivity contribution in [1.29, 1.82) is 0 Å². The molecular formula is C23H22Cl2N4. The van der Waals surface area contributed by atoms with Gasteiger partial charge in [-0.15, -0.1) is 0 Å². The van der Waals surface area contributed by atoms with E-state index in [2.05, 4.69) is 52.7 Å². The van der Waals surface area contributed by atoms with Gasteiger partial charge in [-0.25, -0.2) is 4.98 Å². The lowest BCUT2D eigenvalue weighted by Crippen LogP contribution is -2.13. The highest BCUT2D eigenvalue weighted by Crippen LogP contribution is 2.32. The molecule has 2 heterocycles. The monoisotopic (exact) mass is 424 g/mol. The van der Waals surface area contributed by atoms with Crippen LogP contribution in [0.2, 0.25) is 10.0 Å². The molecular weight excluding hydrogens is 403 g/mol. The minimum atomic E-state index is 0.496. The van der Waals surface area contributed by atoms with Gasteiger partial charge in [-0.05, 0) is 51.3 Å². The maximum absolute atomic E-state index is 6.33. The number of rotatable bonds is 6. The number of benzene rings is 2. The van der Waals surface area contributed by atoms with Crippen LogP contribution in [0.3, 0.4) is 0 Å². The van der Waals surface area contributed by atoms with Gasteiger partial charge in [0.05, 0.1) is 38.0 Å². The summed E-state index contributed by atoms with van der Waals surface area (Å²) < 4.78 is 2.16. The predicted octanol–water partition coefficient (Wildman–Crippen LogP) is 5.83. The van der Waals surface area contributed by atoms with E-state index in [4.69, 9.17) is 28.2 Å². The number of fused-ring (bicyclic) bond motifs is 3. The van der Waals surface area contributed by atoms with E-state index >= 15 is 0 Å². The van der Waals surface area contributed by atoms with Gasteiger partial charge in [0.1, 0.15) is 0 Å². The van der Waals surface area contributed by atoms with Crippen molar-refractivity contribution in [3.63, 3.8) is 0 Å². The Morgan fingerprint density at radius 3 is 2.52 bits per heavy atom. The van der Waals surface area contributed by atoms with Crippen LogP contribution in [0.15, 0.2) is 59.6 Å². The second-order valence-electron chi connectivity index (χ2n) is 7.25. The summed E-state index contributed by atoms with van der Waals surface area (Å²) in [5.74, 6) is 0. The van der Waals surface area contributed by atoms with E-state index < -0.39 is 0 Å². The Balaban J connectivity index is 1.87. The van der Waals surface area contributed by atoms with Crippen molar-refractivity contribution in [3.05, 3.63) is 70.3 Å². The molecule has 6 heteroatoms. The van der Waals surface area contributed by atoms with Crippen LogP contribution < -0.4 is 0 Å². The average molecular weight is 425 g/mol. The number of nitrogens with zero attached hydrogens (tertiary/aromatic N) is 4. The number of hydrogen-bond donors (Lipinski definition) is 0. The summed E-state index contributed by atoms with van der Waals surface area (Å²) in [6, 6.07) is 18.0. The zero-order valence-electron chi connectivity index (χ0n) is 16.4. The van der Waals surface area contributed by atoms with Gasteiger partial charge in [-0.3, -0.25) is 4.99 Å². The minimum absolute atomic E-state index is 0.496. The van der Waals surface area contributed by atoms with Gasteiger partial charge in [0.25, 0.3) is 0 Å². The van der Waals surface area contributed by atoms with Crippen LogP contribution in [0.1, 0.15) is 12.1 Å². The third kappa shape index (κ3) is 4.15. The smallest absolute Gasteiger partial charge is 0.0950 e. The highest BCUT2D eigenvalue weighted by atomic mass is 35.5. The van der Waals surface area contributed by atoms with Crippen LogP contribution >= 0.6 is 23.2 Å². The van der Waals surface area contributed by atoms with Gasteiger partial charge < -0.3 is 9.30 Å². The number of halogens is 2. The minimum Gasteiger partial charge on any atom is -0.309 e. The molecule has 0 amide bonds. The fraction of sp³-hybridized carbons (Fsp3) is 0.217. The van der Waals surface area contributed by atoms with Crippen LogP contribution in [0.5, 0.6) is 0 Å². The fourth-order valence-electron chi connectivity index (χ4n) is 3.42. The molecule has 0 fully saturated rings. The molecule has 0 bridgehead atoms. The van der Waals surface area contributed by atoms with E-state index in [1.165, 1.54) is 0 Å². The van der Waals surface area contributed by atoms with Crippen LogP contribution in [0.25, 0.3) is 27.8 Å². The second kappa shape index (κ2) is 8.54. The molecule has 4 aromatic rings. The van der Waals surface area contributed by atoms with Crippen molar-refractivity contribution in [2.24, 2.45) is 4.99 Å². The highest BCUT2D eigenvalue weighted by molar-refractivity contribution is 6.42. The van der Waals surface area contributed by atoms with E-state index in [-0.39, 0.29) is 0 Å². The number of aliphatic imine (C=N–C) groups is 1. The first-order valence-electron chi connectivity index (χ1n) is 9.55. The molecule has 0 N–H and O–H groups in total. The quantitative estimate of drug-likeness (QED) is 0.288. The second-order valence-corrected chi connectivity index (χ2v) is 8.07. The Morgan fingerprint density at radius 2 is 1.76 bits per heavy atom. The van der Waals surface area contributed by atoms with Crippen LogP contribution in [-0.4, -0.2) is 47.7 Å². The zero-order valence-corrected chi connectivity index (χ0v) is 18.0. The Morgan fingerprint density at radius 1 is 1.00 bits per heavy atom. The summed E-state index contributed by atoms with van der Waals surface area (Å²) in [5, 5.41) is 1.01. The molecule has 4 rings (SSSR count). The first-order chi connectivity index (χ1) is 14.0. The number of aromatic nitrogens is 2. The molecule has 0 spiro atoms. The normalized spacial score (nSPS) is 12.0. The molecule has 0 unspecified atom stereocenters. The molecule has 0 saturated heterocycles. The lowest BCUT2D eigenvalue weighted by atomic mass is 10.1. The fourth-order valence-corrected chi connectivity index (χ4v) is 3.74. The summed E-state index contributed by atoms with van der Waals surface area (Å²) >= 11 is 12.6.